The van der Waals surface area contributed by atoms with E-state index in [4.69, 9.17) is 0 Å². The maximum atomic E-state index is 12.4. The first-order chi connectivity index (χ1) is 14.0. The predicted molar refractivity (Wildman–Crippen MR) is 110 cm³/mol. The Balaban J connectivity index is 1.61. The van der Waals surface area contributed by atoms with Crippen LogP contribution in [0.1, 0.15) is 15.9 Å². The summed E-state index contributed by atoms with van der Waals surface area (Å²) in [5.74, 6) is -0.571. The summed E-state index contributed by atoms with van der Waals surface area (Å²) in [6.45, 7) is 0. The topological polar surface area (TPSA) is 120 Å². The van der Waals surface area contributed by atoms with Crippen molar-refractivity contribution in [3.8, 4) is 0 Å². The maximum Gasteiger partial charge on any atom is 0.255 e. The molecule has 29 heavy (non-hydrogen) atoms. The molecule has 146 valence electrons. The van der Waals surface area contributed by atoms with Crippen LogP contribution in [0.15, 0.2) is 71.7 Å². The van der Waals surface area contributed by atoms with Gasteiger partial charge in [-0.25, -0.2) is 0 Å². The zero-order valence-corrected chi connectivity index (χ0v) is 15.3. The van der Waals surface area contributed by atoms with Crippen LogP contribution in [0.3, 0.4) is 0 Å². The molecule has 0 saturated heterocycles. The lowest BCUT2D eigenvalue weighted by molar-refractivity contribution is -0.115. The molecule has 3 aromatic rings. The number of H-pyrrole nitrogens is 1. The second kappa shape index (κ2) is 9.14. The van der Waals surface area contributed by atoms with Crippen LogP contribution in [0.5, 0.6) is 0 Å². The lowest BCUT2D eigenvalue weighted by Crippen LogP contribution is -2.16. The van der Waals surface area contributed by atoms with E-state index >= 15 is 0 Å². The van der Waals surface area contributed by atoms with Gasteiger partial charge in [0, 0.05) is 34.9 Å². The van der Waals surface area contributed by atoms with E-state index in [0.717, 1.165) is 0 Å². The summed E-state index contributed by atoms with van der Waals surface area (Å²) in [5, 5.41) is 8.01. The normalized spacial score (nSPS) is 10.1. The van der Waals surface area contributed by atoms with E-state index < -0.39 is 0 Å². The molecule has 3 amide bonds. The summed E-state index contributed by atoms with van der Waals surface area (Å²) in [6.07, 6.45) is 2.16. The highest BCUT2D eigenvalue weighted by Gasteiger charge is 2.08. The van der Waals surface area contributed by atoms with Crippen molar-refractivity contribution >= 4 is 35.3 Å². The third kappa shape index (κ3) is 5.64. The Morgan fingerprint density at radius 2 is 1.62 bits per heavy atom. The van der Waals surface area contributed by atoms with E-state index in [9.17, 15) is 19.2 Å². The van der Waals surface area contributed by atoms with Gasteiger partial charge in [-0.05, 0) is 48.0 Å². The van der Waals surface area contributed by atoms with Crippen molar-refractivity contribution in [3.63, 3.8) is 0 Å². The number of amides is 3. The minimum Gasteiger partial charge on any atom is -0.329 e. The minimum atomic E-state index is -0.320. The fourth-order valence-electron chi connectivity index (χ4n) is 2.61. The monoisotopic (exact) mass is 390 g/mol. The van der Waals surface area contributed by atoms with Crippen LogP contribution in [0.4, 0.5) is 17.1 Å². The van der Waals surface area contributed by atoms with Crippen molar-refractivity contribution < 1.29 is 14.4 Å². The van der Waals surface area contributed by atoms with Gasteiger partial charge >= 0.3 is 0 Å². The van der Waals surface area contributed by atoms with Crippen LogP contribution in [0.2, 0.25) is 0 Å². The molecule has 2 aromatic carbocycles. The van der Waals surface area contributed by atoms with Gasteiger partial charge in [-0.1, -0.05) is 12.1 Å². The number of nitrogens with one attached hydrogen (secondary N) is 4. The van der Waals surface area contributed by atoms with E-state index in [2.05, 4.69) is 20.9 Å². The van der Waals surface area contributed by atoms with E-state index in [-0.39, 0.29) is 23.8 Å². The molecule has 1 aromatic heterocycles. The zero-order chi connectivity index (χ0) is 20.6. The highest BCUT2D eigenvalue weighted by molar-refractivity contribution is 6.05. The molecule has 0 atom stereocenters. The van der Waals surface area contributed by atoms with Crippen molar-refractivity contribution in [2.75, 3.05) is 16.0 Å². The summed E-state index contributed by atoms with van der Waals surface area (Å²) in [6, 6.07) is 16.2. The van der Waals surface area contributed by atoms with Gasteiger partial charge < -0.3 is 20.9 Å². The number of aromatic amines is 1. The quantitative estimate of drug-likeness (QED) is 0.463. The number of hydrogen-bond donors (Lipinski definition) is 4. The fraction of sp³-hybridized carbons (Fsp3) is 0.0476. The Bertz CT molecular complexity index is 1070. The second-order valence-corrected chi connectivity index (χ2v) is 6.16. The average Bonchev–Trinajstić information content (AvgIpc) is 2.71. The van der Waals surface area contributed by atoms with Crippen LogP contribution < -0.4 is 21.5 Å². The molecule has 0 saturated carbocycles. The maximum absolute atomic E-state index is 12.4. The lowest BCUT2D eigenvalue weighted by atomic mass is 10.2. The molecule has 0 radical (unpaired) electrons. The summed E-state index contributed by atoms with van der Waals surface area (Å²) in [5.41, 5.74) is 2.51. The van der Waals surface area contributed by atoms with Gasteiger partial charge in [-0.2, -0.15) is 0 Å². The Morgan fingerprint density at radius 1 is 0.897 bits per heavy atom. The number of hydrogen-bond acceptors (Lipinski definition) is 4. The molecule has 0 bridgehead atoms. The number of anilines is 3. The lowest BCUT2D eigenvalue weighted by Gasteiger charge is -2.09. The van der Waals surface area contributed by atoms with E-state index in [1.165, 1.54) is 12.3 Å². The number of rotatable bonds is 7. The first-order valence-corrected chi connectivity index (χ1v) is 8.72. The summed E-state index contributed by atoms with van der Waals surface area (Å²) in [7, 11) is 0. The Hall–Kier alpha value is -4.20. The summed E-state index contributed by atoms with van der Waals surface area (Å²) >= 11 is 0. The predicted octanol–water partition coefficient (Wildman–Crippen LogP) is 2.38. The Morgan fingerprint density at radius 3 is 2.28 bits per heavy atom. The van der Waals surface area contributed by atoms with Gasteiger partial charge in [0.1, 0.15) is 0 Å². The largest absolute Gasteiger partial charge is 0.329 e. The molecule has 0 aliphatic heterocycles. The van der Waals surface area contributed by atoms with Crippen LogP contribution in [0.25, 0.3) is 0 Å². The molecule has 8 heteroatoms. The molecule has 0 fully saturated rings. The SMILES string of the molecule is O=CNc1ccc(C(=O)Nc2cccc(NC(=O)Cc3ccc(=O)[nH]c3)c2)cc1. The molecule has 1 heterocycles. The van der Waals surface area contributed by atoms with Gasteiger partial charge in [0.15, 0.2) is 0 Å². The molecule has 0 aliphatic carbocycles. The van der Waals surface area contributed by atoms with E-state index in [1.807, 2.05) is 0 Å². The molecule has 0 spiro atoms. The van der Waals surface area contributed by atoms with Gasteiger partial charge in [0.25, 0.3) is 5.91 Å². The number of carbonyl (C=O) groups excluding carboxylic acids is 3. The first kappa shape index (κ1) is 19.6. The Kier molecular flexibility index (Phi) is 6.16. The average molecular weight is 390 g/mol. The van der Waals surface area contributed by atoms with Crippen molar-refractivity contribution in [2.24, 2.45) is 0 Å². The van der Waals surface area contributed by atoms with Crippen LogP contribution in [-0.2, 0) is 16.0 Å². The molecule has 0 unspecified atom stereocenters. The highest BCUT2D eigenvalue weighted by Crippen LogP contribution is 2.17. The molecular weight excluding hydrogens is 372 g/mol. The molecule has 4 N–H and O–H groups in total. The van der Waals surface area contributed by atoms with Crippen LogP contribution in [-0.4, -0.2) is 23.2 Å². The van der Waals surface area contributed by atoms with Gasteiger partial charge in [-0.15, -0.1) is 0 Å². The number of carbonyl (C=O) groups is 3. The highest BCUT2D eigenvalue weighted by atomic mass is 16.2. The molecule has 8 nitrogen and oxygen atoms in total. The fourth-order valence-corrected chi connectivity index (χ4v) is 2.61. The van der Waals surface area contributed by atoms with Gasteiger partial charge in [0.05, 0.1) is 6.42 Å². The Labute approximate surface area is 166 Å². The summed E-state index contributed by atoms with van der Waals surface area (Å²) < 4.78 is 0. The molecule has 0 aliphatic rings. The van der Waals surface area contributed by atoms with Crippen molar-refractivity contribution in [3.05, 3.63) is 88.3 Å². The number of benzene rings is 2. The second-order valence-electron chi connectivity index (χ2n) is 6.16. The third-order valence-corrected chi connectivity index (χ3v) is 3.99. The van der Waals surface area contributed by atoms with Crippen molar-refractivity contribution in [1.29, 1.82) is 0 Å². The van der Waals surface area contributed by atoms with E-state index in [0.29, 0.717) is 34.6 Å². The third-order valence-electron chi connectivity index (χ3n) is 3.99. The standard InChI is InChI=1S/C21H18N4O4/c26-13-23-16-7-5-15(6-8-16)21(29)25-18-3-1-2-17(11-18)24-20(28)10-14-4-9-19(27)22-12-14/h1-9,11-13H,10H2,(H,22,27)(H,23,26)(H,24,28)(H,25,29). The molecule has 3 rings (SSSR count). The van der Waals surface area contributed by atoms with Crippen LogP contribution in [0, 0.1) is 0 Å². The summed E-state index contributed by atoms with van der Waals surface area (Å²) in [4.78, 5) is 48.6. The zero-order valence-electron chi connectivity index (χ0n) is 15.3. The molecular formula is C21H18N4O4. The number of pyridine rings is 1. The van der Waals surface area contributed by atoms with Crippen LogP contribution >= 0.6 is 0 Å². The van der Waals surface area contributed by atoms with Crippen molar-refractivity contribution in [2.45, 2.75) is 6.42 Å². The smallest absolute Gasteiger partial charge is 0.255 e. The van der Waals surface area contributed by atoms with E-state index in [1.54, 1.807) is 54.6 Å². The van der Waals surface area contributed by atoms with Crippen molar-refractivity contribution in [1.82, 2.24) is 4.98 Å². The first-order valence-electron chi connectivity index (χ1n) is 8.72. The number of aromatic nitrogens is 1. The van der Waals surface area contributed by atoms with Gasteiger partial charge in [-0.3, -0.25) is 19.2 Å². The minimum absolute atomic E-state index is 0.106. The van der Waals surface area contributed by atoms with Gasteiger partial charge in [0.2, 0.25) is 17.9 Å².